The fourth-order valence-corrected chi connectivity index (χ4v) is 5.89. The van der Waals surface area contributed by atoms with E-state index in [4.69, 9.17) is 4.74 Å². The lowest BCUT2D eigenvalue weighted by atomic mass is 9.89. The lowest BCUT2D eigenvalue weighted by Crippen LogP contribution is -2.54. The van der Waals surface area contributed by atoms with Gasteiger partial charge in [-0.1, -0.05) is 12.1 Å². The minimum Gasteiger partial charge on any atom is -0.379 e. The number of hydrogen-bond acceptors (Lipinski definition) is 5. The number of piperidine rings is 1. The molecule has 32 heavy (non-hydrogen) atoms. The van der Waals surface area contributed by atoms with E-state index in [1.807, 2.05) is 0 Å². The Morgan fingerprint density at radius 3 is 2.09 bits per heavy atom. The van der Waals surface area contributed by atoms with Crippen LogP contribution in [0.3, 0.4) is 0 Å². The Kier molecular flexibility index (Phi) is 7.50. The molecule has 0 saturated carbocycles. The maximum Gasteiger partial charge on any atom is 0.0594 e. The second-order valence-electron chi connectivity index (χ2n) is 11.7. The van der Waals surface area contributed by atoms with Crippen LogP contribution in [0, 0.1) is 0 Å². The standard InChI is InChI=1S/C27H46N4O/c1-26(2,3)30-15-13-28(14-16-30)25-8-6-7-23(21-25)22-27(4,5)31-11-9-24(10-12-31)29-17-19-32-20-18-29/h6-8,21,24H,9-20,22H2,1-5H3. The van der Waals surface area contributed by atoms with Crippen LogP contribution in [0.25, 0.3) is 0 Å². The summed E-state index contributed by atoms with van der Waals surface area (Å²) < 4.78 is 5.55. The van der Waals surface area contributed by atoms with E-state index >= 15 is 0 Å². The fourth-order valence-electron chi connectivity index (χ4n) is 5.89. The number of nitrogens with zero attached hydrogens (tertiary/aromatic N) is 4. The molecule has 0 unspecified atom stereocenters. The number of piperazine rings is 1. The summed E-state index contributed by atoms with van der Waals surface area (Å²) in [4.78, 5) is 10.6. The Morgan fingerprint density at radius 1 is 0.812 bits per heavy atom. The molecule has 3 aliphatic heterocycles. The van der Waals surface area contributed by atoms with Gasteiger partial charge in [0.15, 0.2) is 0 Å². The minimum atomic E-state index is 0.194. The van der Waals surface area contributed by atoms with Gasteiger partial charge < -0.3 is 9.64 Å². The molecular formula is C27H46N4O. The van der Waals surface area contributed by atoms with Crippen molar-refractivity contribution < 1.29 is 4.74 Å². The van der Waals surface area contributed by atoms with Gasteiger partial charge in [-0.2, -0.15) is 0 Å². The van der Waals surface area contributed by atoms with E-state index in [0.717, 1.165) is 64.9 Å². The van der Waals surface area contributed by atoms with Crippen LogP contribution in [-0.2, 0) is 11.2 Å². The third-order valence-corrected chi connectivity index (χ3v) is 8.02. The fraction of sp³-hybridized carbons (Fsp3) is 0.778. The molecule has 0 aromatic heterocycles. The third-order valence-electron chi connectivity index (χ3n) is 8.02. The van der Waals surface area contributed by atoms with E-state index < -0.39 is 0 Å². The predicted molar refractivity (Wildman–Crippen MR) is 135 cm³/mol. The Hall–Kier alpha value is -1.14. The van der Waals surface area contributed by atoms with Gasteiger partial charge in [0.1, 0.15) is 0 Å². The van der Waals surface area contributed by atoms with Crippen molar-refractivity contribution in [3.05, 3.63) is 29.8 Å². The highest BCUT2D eigenvalue weighted by Gasteiger charge is 2.33. The smallest absolute Gasteiger partial charge is 0.0594 e. The van der Waals surface area contributed by atoms with E-state index in [0.29, 0.717) is 0 Å². The first kappa shape index (κ1) is 24.0. The van der Waals surface area contributed by atoms with Crippen LogP contribution in [0.5, 0.6) is 0 Å². The molecule has 3 saturated heterocycles. The molecule has 5 nitrogen and oxygen atoms in total. The van der Waals surface area contributed by atoms with Gasteiger partial charge in [0.05, 0.1) is 13.2 Å². The van der Waals surface area contributed by atoms with Crippen LogP contribution in [0.2, 0.25) is 0 Å². The van der Waals surface area contributed by atoms with Gasteiger partial charge in [-0.25, -0.2) is 0 Å². The highest BCUT2D eigenvalue weighted by atomic mass is 16.5. The molecule has 180 valence electrons. The van der Waals surface area contributed by atoms with Crippen LogP contribution in [0.4, 0.5) is 5.69 Å². The lowest BCUT2D eigenvalue weighted by Gasteiger charge is -2.46. The number of benzene rings is 1. The van der Waals surface area contributed by atoms with Gasteiger partial charge in [-0.3, -0.25) is 14.7 Å². The highest BCUT2D eigenvalue weighted by Crippen LogP contribution is 2.29. The maximum absolute atomic E-state index is 5.55. The zero-order chi connectivity index (χ0) is 22.8. The molecule has 0 N–H and O–H groups in total. The summed E-state index contributed by atoms with van der Waals surface area (Å²) in [6, 6.07) is 10.1. The third kappa shape index (κ3) is 5.85. The van der Waals surface area contributed by atoms with Gasteiger partial charge in [-0.15, -0.1) is 0 Å². The average Bonchev–Trinajstić information content (AvgIpc) is 2.79. The van der Waals surface area contributed by atoms with Crippen molar-refractivity contribution in [2.75, 3.05) is 70.5 Å². The monoisotopic (exact) mass is 442 g/mol. The first-order chi connectivity index (χ1) is 15.2. The molecule has 5 heteroatoms. The molecule has 0 amide bonds. The summed E-state index contributed by atoms with van der Waals surface area (Å²) in [6.07, 6.45) is 3.70. The molecule has 1 aromatic rings. The van der Waals surface area contributed by atoms with Gasteiger partial charge in [0, 0.05) is 75.2 Å². The number of hydrogen-bond donors (Lipinski definition) is 0. The average molecular weight is 443 g/mol. The predicted octanol–water partition coefficient (Wildman–Crippen LogP) is 3.72. The molecule has 1 aromatic carbocycles. The van der Waals surface area contributed by atoms with E-state index in [9.17, 15) is 0 Å². The number of likely N-dealkylation sites (tertiary alicyclic amines) is 1. The molecule has 0 bridgehead atoms. The zero-order valence-electron chi connectivity index (χ0n) is 21.3. The van der Waals surface area contributed by atoms with Gasteiger partial charge in [0.25, 0.3) is 0 Å². The molecule has 0 radical (unpaired) electrons. The van der Waals surface area contributed by atoms with Crippen molar-refractivity contribution in [2.24, 2.45) is 0 Å². The van der Waals surface area contributed by atoms with Crippen LogP contribution in [-0.4, -0.2) is 97.4 Å². The maximum atomic E-state index is 5.55. The Labute approximate surface area is 196 Å². The minimum absolute atomic E-state index is 0.194. The number of rotatable bonds is 5. The highest BCUT2D eigenvalue weighted by molar-refractivity contribution is 5.49. The summed E-state index contributed by atoms with van der Waals surface area (Å²) >= 11 is 0. The van der Waals surface area contributed by atoms with E-state index in [2.05, 4.69) is 78.5 Å². The molecule has 0 atom stereocenters. The second kappa shape index (κ2) is 10.0. The molecule has 3 fully saturated rings. The molecular weight excluding hydrogens is 396 g/mol. The number of anilines is 1. The summed E-state index contributed by atoms with van der Waals surface area (Å²) in [5.74, 6) is 0. The van der Waals surface area contributed by atoms with E-state index in [1.165, 1.54) is 37.2 Å². The van der Waals surface area contributed by atoms with Crippen LogP contribution >= 0.6 is 0 Å². The zero-order valence-corrected chi connectivity index (χ0v) is 21.3. The van der Waals surface area contributed by atoms with Crippen molar-refractivity contribution >= 4 is 5.69 Å². The van der Waals surface area contributed by atoms with Crippen LogP contribution in [0.15, 0.2) is 24.3 Å². The van der Waals surface area contributed by atoms with Gasteiger partial charge in [-0.05, 0) is 71.6 Å². The van der Waals surface area contributed by atoms with Crippen molar-refractivity contribution in [1.82, 2.24) is 14.7 Å². The van der Waals surface area contributed by atoms with E-state index in [-0.39, 0.29) is 11.1 Å². The second-order valence-corrected chi connectivity index (χ2v) is 11.7. The lowest BCUT2D eigenvalue weighted by molar-refractivity contribution is -0.0109. The first-order valence-electron chi connectivity index (χ1n) is 12.9. The van der Waals surface area contributed by atoms with Gasteiger partial charge >= 0.3 is 0 Å². The van der Waals surface area contributed by atoms with Gasteiger partial charge in [0.2, 0.25) is 0 Å². The summed E-state index contributed by atoms with van der Waals surface area (Å²) in [5, 5.41) is 0. The Morgan fingerprint density at radius 2 is 1.47 bits per heavy atom. The number of ether oxygens (including phenoxy) is 1. The molecule has 3 heterocycles. The topological polar surface area (TPSA) is 22.2 Å². The number of morpholine rings is 1. The Bertz CT molecular complexity index is 721. The molecule has 0 spiro atoms. The van der Waals surface area contributed by atoms with E-state index in [1.54, 1.807) is 0 Å². The van der Waals surface area contributed by atoms with Crippen LogP contribution < -0.4 is 4.90 Å². The summed E-state index contributed by atoms with van der Waals surface area (Å²) in [5.41, 5.74) is 3.34. The summed E-state index contributed by atoms with van der Waals surface area (Å²) in [6.45, 7) is 22.9. The van der Waals surface area contributed by atoms with Crippen molar-refractivity contribution in [2.45, 2.75) is 71.0 Å². The first-order valence-corrected chi connectivity index (χ1v) is 12.9. The summed E-state index contributed by atoms with van der Waals surface area (Å²) in [7, 11) is 0. The Balaban J connectivity index is 1.32. The van der Waals surface area contributed by atoms with Crippen molar-refractivity contribution in [3.63, 3.8) is 0 Å². The SMILES string of the molecule is CC(C)(C)N1CCN(c2cccc(CC(C)(C)N3CCC(N4CCOCC4)CC3)c2)CC1. The quantitative estimate of drug-likeness (QED) is 0.691. The molecule has 3 aliphatic rings. The largest absolute Gasteiger partial charge is 0.379 e. The normalized spacial score (nSPS) is 23.6. The van der Waals surface area contributed by atoms with Crippen molar-refractivity contribution in [3.8, 4) is 0 Å². The molecule has 4 rings (SSSR count). The van der Waals surface area contributed by atoms with Crippen LogP contribution in [0.1, 0.15) is 53.0 Å². The molecule has 0 aliphatic carbocycles. The van der Waals surface area contributed by atoms with Crippen molar-refractivity contribution in [1.29, 1.82) is 0 Å².